The molecule has 0 spiro atoms. The molecule has 6 aliphatic rings. The second-order valence-electron chi connectivity index (χ2n) is 18.9. The molecule has 24 radical (unpaired) electrons. The van der Waals surface area contributed by atoms with Gasteiger partial charge in [-0.1, -0.05) is 186 Å². The molecule has 3 aliphatic heterocycles. The van der Waals surface area contributed by atoms with Crippen molar-refractivity contribution in [2.45, 2.75) is 57.0 Å². The molecule has 0 N–H and O–H groups in total. The van der Waals surface area contributed by atoms with Gasteiger partial charge in [0.25, 0.3) is 0 Å². The lowest BCUT2D eigenvalue weighted by Crippen LogP contribution is -2.65. The summed E-state index contributed by atoms with van der Waals surface area (Å²) in [7, 11) is 83.9. The van der Waals surface area contributed by atoms with E-state index in [0.717, 1.165) is 32.8 Å². The molecule has 0 saturated heterocycles. The maximum Gasteiger partial charge on any atom is 0.338 e. The second-order valence-corrected chi connectivity index (χ2v) is 18.9. The van der Waals surface area contributed by atoms with Crippen molar-refractivity contribution < 1.29 is 4.79 Å². The number of rotatable bonds is 2. The van der Waals surface area contributed by atoms with Gasteiger partial charge >= 0.3 is 6.03 Å². The van der Waals surface area contributed by atoms with Gasteiger partial charge in [0.1, 0.15) is 0 Å². The molecule has 17 heteroatoms. The quantitative estimate of drug-likeness (QED) is 0.218. The Kier molecular flexibility index (Phi) is 7.68. The van der Waals surface area contributed by atoms with Gasteiger partial charge in [-0.05, 0) is 39.4 Å². The minimum absolute atomic E-state index is 0.320. The lowest BCUT2D eigenvalue weighted by Gasteiger charge is -2.50. The third-order valence-electron chi connectivity index (χ3n) is 15.1. The van der Waals surface area contributed by atoms with Crippen molar-refractivity contribution in [2.75, 3.05) is 9.80 Å². The predicted octanol–water partition coefficient (Wildman–Crippen LogP) is -0.551. The minimum atomic E-state index is -1.75. The summed E-state index contributed by atoms with van der Waals surface area (Å²) in [5, 5.41) is -7.23. The molecule has 62 heavy (non-hydrogen) atoms. The van der Waals surface area contributed by atoms with Crippen LogP contribution in [-0.2, 0) is 31.3 Å². The molecule has 3 heterocycles. The molecule has 262 valence electrons. The molecule has 0 unspecified atom stereocenters. The summed E-state index contributed by atoms with van der Waals surface area (Å²) in [6.45, 7) is -0.951. The number of carbonyl (C=O) groups is 1. The SMILES string of the molecule is [B]C1([B])CCC([B])([B])c2cc3c(cc21)B(c1ccccc1)c1cc2c4c(cc5c6c4c1N3C(=O)N6c1cc3c(cc1B5c1ccccc1)C([B])([B])CCC3([B])[B])C([B])([B])C2([B])[B]. The molecular formula is C45H24B14N2O. The smallest absolute Gasteiger partial charge is 0.263 e. The van der Waals surface area contributed by atoms with Crippen LogP contribution in [0.1, 0.15) is 59.1 Å². The van der Waals surface area contributed by atoms with Crippen LogP contribution in [-0.4, -0.2) is 114 Å². The zero-order valence-corrected chi connectivity index (χ0v) is 34.0. The zero-order chi connectivity index (χ0) is 43.4. The maximum absolute atomic E-state index is 16.3. The number of hydrogen-bond acceptors (Lipinski definition) is 1. The summed E-state index contributed by atoms with van der Waals surface area (Å²) >= 11 is 0. The molecule has 0 aromatic heterocycles. The average Bonchev–Trinajstić information content (AvgIpc) is 3.38. The van der Waals surface area contributed by atoms with E-state index < -0.39 is 44.7 Å². The van der Waals surface area contributed by atoms with Crippen LogP contribution in [0.15, 0.2) is 97.1 Å². The highest BCUT2D eigenvalue weighted by molar-refractivity contribution is 7.00. The van der Waals surface area contributed by atoms with Crippen LogP contribution in [0.25, 0.3) is 10.8 Å². The highest BCUT2D eigenvalue weighted by Gasteiger charge is 2.55. The summed E-state index contributed by atoms with van der Waals surface area (Å²) in [6, 6.07) is 31.3. The van der Waals surface area contributed by atoms with Gasteiger partial charge in [-0.3, -0.25) is 9.80 Å². The van der Waals surface area contributed by atoms with E-state index in [-0.39, 0.29) is 6.03 Å². The van der Waals surface area contributed by atoms with Gasteiger partial charge < -0.3 is 0 Å². The van der Waals surface area contributed by atoms with Crippen LogP contribution in [0.2, 0.25) is 0 Å². The standard InChI is InChI=1S/C45H24B14N2O/c46-40(47)11-13-42(50,51)25-19-33-29(15-23(25)40)58(21-7-3-1-4-8-21)31-17-27-35-28(45(56,57)44(27,54)55)18-32-38-36(35)37(31)60(33)39(62)61(38)34-20-26-24(41(48,49)12-14-43(26,52)53)16-30(34)59(32)22-9-5-2-6-10-22/h1-10,15-20H,11-14H2. The fraction of sp³-hybridized carbons (Fsp3) is 0.222. The fourth-order valence-corrected chi connectivity index (χ4v) is 11.7. The third kappa shape index (κ3) is 4.79. The lowest BCUT2D eigenvalue weighted by molar-refractivity contribution is 0.255. The summed E-state index contributed by atoms with van der Waals surface area (Å²) < 4.78 is 0. The molecule has 0 atom stereocenters. The Morgan fingerprint density at radius 3 is 1.08 bits per heavy atom. The zero-order valence-electron chi connectivity index (χ0n) is 34.0. The van der Waals surface area contributed by atoms with E-state index in [2.05, 4.69) is 24.3 Å². The van der Waals surface area contributed by atoms with Crippen LogP contribution in [0.3, 0.4) is 0 Å². The van der Waals surface area contributed by atoms with Crippen molar-refractivity contribution in [3.8, 4) is 0 Å². The summed E-state index contributed by atoms with van der Waals surface area (Å²) in [4.78, 5) is 19.7. The van der Waals surface area contributed by atoms with Gasteiger partial charge in [0.05, 0.1) is 106 Å². The molecule has 0 fully saturated rings. The van der Waals surface area contributed by atoms with E-state index in [1.807, 2.05) is 72.8 Å². The van der Waals surface area contributed by atoms with Crippen molar-refractivity contribution in [1.82, 2.24) is 0 Å². The van der Waals surface area contributed by atoms with Gasteiger partial charge in [0, 0.05) is 16.8 Å². The molecular weight excluding hydrogens is 736 g/mol. The third-order valence-corrected chi connectivity index (χ3v) is 15.1. The Morgan fingerprint density at radius 1 is 0.403 bits per heavy atom. The normalized spacial score (nSPS) is 21.5. The number of benzene rings is 6. The van der Waals surface area contributed by atoms with Gasteiger partial charge in [-0.25, -0.2) is 4.79 Å². The first-order valence-corrected chi connectivity index (χ1v) is 20.9. The van der Waals surface area contributed by atoms with Crippen molar-refractivity contribution in [1.29, 1.82) is 0 Å². The van der Waals surface area contributed by atoms with E-state index in [0.29, 0.717) is 92.6 Å². The summed E-state index contributed by atoms with van der Waals surface area (Å²) in [5.74, 6) is 0. The Labute approximate surface area is 379 Å². The second kappa shape index (κ2) is 12.1. The van der Waals surface area contributed by atoms with Crippen molar-refractivity contribution >= 4 is 180 Å². The van der Waals surface area contributed by atoms with E-state index >= 15 is 4.79 Å². The number of hydrogen-bond donors (Lipinski definition) is 0. The molecule has 0 saturated carbocycles. The number of urea groups is 1. The van der Waals surface area contributed by atoms with Gasteiger partial charge in [-0.2, -0.15) is 0 Å². The first kappa shape index (κ1) is 39.4. The predicted molar refractivity (Wildman–Crippen MR) is 266 cm³/mol. The topological polar surface area (TPSA) is 23.6 Å². The average molecular weight is 760 g/mol. The first-order chi connectivity index (χ1) is 29.2. The van der Waals surface area contributed by atoms with Crippen LogP contribution in [0.4, 0.5) is 27.5 Å². The molecule has 0 bridgehead atoms. The van der Waals surface area contributed by atoms with E-state index in [4.69, 9.17) is 94.2 Å². The molecule has 2 amide bonds. The Morgan fingerprint density at radius 2 is 0.726 bits per heavy atom. The van der Waals surface area contributed by atoms with Crippen LogP contribution >= 0.6 is 0 Å². The lowest BCUT2D eigenvalue weighted by atomic mass is 9.28. The van der Waals surface area contributed by atoms with Crippen molar-refractivity contribution in [2.24, 2.45) is 0 Å². The fourth-order valence-electron chi connectivity index (χ4n) is 11.7. The van der Waals surface area contributed by atoms with Crippen LogP contribution in [0.5, 0.6) is 0 Å². The highest BCUT2D eigenvalue weighted by Crippen LogP contribution is 2.57. The molecule has 12 rings (SSSR count). The highest BCUT2D eigenvalue weighted by atomic mass is 16.2. The Hall–Kier alpha value is -4.24. The number of fused-ring (bicyclic) bond motifs is 6. The van der Waals surface area contributed by atoms with Crippen molar-refractivity contribution in [3.63, 3.8) is 0 Å². The van der Waals surface area contributed by atoms with E-state index in [9.17, 15) is 0 Å². The molecule has 3 nitrogen and oxygen atoms in total. The number of carbonyl (C=O) groups excluding carboxylic acids is 1. The van der Waals surface area contributed by atoms with E-state index in [1.165, 1.54) is 0 Å². The number of amides is 2. The summed E-state index contributed by atoms with van der Waals surface area (Å²) in [6.07, 6.45) is 1.33. The summed E-state index contributed by atoms with van der Waals surface area (Å²) in [5.41, 5.74) is 10.7. The molecule has 6 aromatic rings. The molecule has 6 aromatic carbocycles. The number of nitrogens with zero attached hydrogens (tertiary/aromatic N) is 2. The first-order valence-electron chi connectivity index (χ1n) is 20.9. The van der Waals surface area contributed by atoms with Crippen molar-refractivity contribution in [3.05, 3.63) is 130 Å². The monoisotopic (exact) mass is 762 g/mol. The van der Waals surface area contributed by atoms with Gasteiger partial charge in [0.2, 0.25) is 13.4 Å². The van der Waals surface area contributed by atoms with Gasteiger partial charge in [0.15, 0.2) is 0 Å². The Bertz CT molecular complexity index is 2840. The molecule has 3 aliphatic carbocycles. The minimum Gasteiger partial charge on any atom is -0.263 e. The Balaban J connectivity index is 1.29. The van der Waals surface area contributed by atoms with Crippen LogP contribution in [0, 0.1) is 0 Å². The van der Waals surface area contributed by atoms with E-state index in [1.54, 1.807) is 9.80 Å². The van der Waals surface area contributed by atoms with Gasteiger partial charge in [-0.15, -0.1) is 0 Å². The largest absolute Gasteiger partial charge is 0.338 e. The van der Waals surface area contributed by atoms with Crippen LogP contribution < -0.4 is 42.6 Å². The maximum atomic E-state index is 16.3. The number of anilines is 4.